The SMILES string of the molecule is O=S(=O)(O)c1cc(S(=O)(=O)O)c2ccc3c(S(=O)(=O)O)cc(S(=O)(=O)O)c4ccc1c2c43.[NaH].[NaH].[NaH].[NaH]. The van der Waals surface area contributed by atoms with Gasteiger partial charge in [0.2, 0.25) is 0 Å². The molecular formula is C16H14Na4O12S4. The van der Waals surface area contributed by atoms with Crippen LogP contribution in [0.5, 0.6) is 0 Å². The summed E-state index contributed by atoms with van der Waals surface area (Å²) in [6, 6.07) is 4.98. The van der Waals surface area contributed by atoms with Crippen LogP contribution in [0.15, 0.2) is 56.0 Å². The Morgan fingerprint density at radius 3 is 0.694 bits per heavy atom. The molecule has 0 amide bonds. The van der Waals surface area contributed by atoms with Crippen molar-refractivity contribution >= 4 is 191 Å². The van der Waals surface area contributed by atoms with Gasteiger partial charge in [-0.25, -0.2) is 0 Å². The van der Waals surface area contributed by atoms with Crippen LogP contribution < -0.4 is 0 Å². The van der Waals surface area contributed by atoms with Gasteiger partial charge in [0.15, 0.2) is 0 Å². The summed E-state index contributed by atoms with van der Waals surface area (Å²) < 4.78 is 134. The Hall–Kier alpha value is 1.56. The Balaban J connectivity index is 0.00000306. The maximum absolute atomic E-state index is 11.9. The second-order valence-electron chi connectivity index (χ2n) is 6.72. The Kier molecular flexibility index (Phi) is 12.7. The predicted molar refractivity (Wildman–Crippen MR) is 138 cm³/mol. The van der Waals surface area contributed by atoms with Crippen molar-refractivity contribution in [1.29, 1.82) is 0 Å². The van der Waals surface area contributed by atoms with Gasteiger partial charge in [0, 0.05) is 32.3 Å². The van der Waals surface area contributed by atoms with E-state index in [1.807, 2.05) is 0 Å². The standard InChI is InChI=1S/C16H10O12S4.4Na.4H/c17-29(18,19)11-5-13(31(23,24)25)9-3-4-10-14(32(26,27)28)6-12(30(20,21)22)8-2-1-7(11)15(9)16(8)10;;;;;;;;/h1-6H,(H,17,18,19)(H,20,21,22)(H,23,24,25)(H,26,27,28);;;;;;;;. The minimum atomic E-state index is -5.10. The molecule has 0 aromatic heterocycles. The van der Waals surface area contributed by atoms with Crippen molar-refractivity contribution in [2.75, 3.05) is 0 Å². The van der Waals surface area contributed by atoms with Crippen LogP contribution in [0.4, 0.5) is 0 Å². The van der Waals surface area contributed by atoms with Crippen LogP contribution in [-0.2, 0) is 40.5 Å². The zero-order valence-corrected chi connectivity index (χ0v) is 18.4. The molecule has 0 spiro atoms. The Morgan fingerprint density at radius 1 is 0.389 bits per heavy atom. The maximum atomic E-state index is 11.9. The first-order chi connectivity index (χ1) is 14.4. The van der Waals surface area contributed by atoms with Gasteiger partial charge in [-0.15, -0.1) is 0 Å². The summed E-state index contributed by atoms with van der Waals surface area (Å²) in [5.41, 5.74) is 0. The van der Waals surface area contributed by atoms with E-state index >= 15 is 0 Å². The fourth-order valence-corrected chi connectivity index (χ4v) is 6.73. The van der Waals surface area contributed by atoms with E-state index in [0.717, 1.165) is 24.3 Å². The van der Waals surface area contributed by atoms with Crippen LogP contribution >= 0.6 is 0 Å². The summed E-state index contributed by atoms with van der Waals surface area (Å²) in [4.78, 5) is -3.90. The molecule has 0 aliphatic heterocycles. The van der Waals surface area contributed by atoms with Crippen LogP contribution in [0.3, 0.4) is 0 Å². The molecule has 0 aliphatic rings. The van der Waals surface area contributed by atoms with E-state index in [1.165, 1.54) is 0 Å². The molecule has 0 fully saturated rings. The van der Waals surface area contributed by atoms with E-state index < -0.39 is 60.1 Å². The van der Waals surface area contributed by atoms with Gasteiger partial charge < -0.3 is 0 Å². The van der Waals surface area contributed by atoms with Crippen molar-refractivity contribution in [2.45, 2.75) is 19.6 Å². The number of hydrogen-bond acceptors (Lipinski definition) is 8. The molecular weight excluding hydrogens is 604 g/mol. The number of benzene rings is 4. The summed E-state index contributed by atoms with van der Waals surface area (Å²) in [6.07, 6.45) is 0. The van der Waals surface area contributed by atoms with Crippen LogP contribution in [0, 0.1) is 0 Å². The Bertz CT molecular complexity index is 1650. The van der Waals surface area contributed by atoms with Crippen LogP contribution in [0.2, 0.25) is 0 Å². The molecule has 0 saturated carbocycles. The van der Waals surface area contributed by atoms with Crippen molar-refractivity contribution in [3.8, 4) is 0 Å². The predicted octanol–water partition coefficient (Wildman–Crippen LogP) is -1.02. The summed E-state index contributed by atoms with van der Waals surface area (Å²) >= 11 is 0. The average molecular weight is 619 g/mol. The van der Waals surface area contributed by atoms with Gasteiger partial charge in [0.05, 0.1) is 0 Å². The van der Waals surface area contributed by atoms with Crippen molar-refractivity contribution in [2.24, 2.45) is 0 Å². The normalized spacial score (nSPS) is 12.4. The third-order valence-corrected chi connectivity index (χ3v) is 8.43. The molecule has 178 valence electrons. The fourth-order valence-electron chi connectivity index (χ4n) is 3.72. The van der Waals surface area contributed by atoms with Crippen molar-refractivity contribution in [3.05, 3.63) is 36.4 Å². The van der Waals surface area contributed by atoms with E-state index in [1.54, 1.807) is 0 Å². The molecule has 0 saturated heterocycles. The molecule has 12 nitrogen and oxygen atoms in total. The van der Waals surface area contributed by atoms with E-state index in [4.69, 9.17) is 0 Å². The molecule has 0 bridgehead atoms. The average Bonchev–Trinajstić information content (AvgIpc) is 2.61. The zero-order chi connectivity index (χ0) is 24.0. The third-order valence-electron chi connectivity index (χ3n) is 4.86. The van der Waals surface area contributed by atoms with Crippen LogP contribution in [-0.4, -0.2) is 170 Å². The zero-order valence-electron chi connectivity index (χ0n) is 15.2. The number of rotatable bonds is 4. The van der Waals surface area contributed by atoms with E-state index in [0.29, 0.717) is 12.1 Å². The molecule has 4 aromatic rings. The first kappa shape index (κ1) is 37.6. The van der Waals surface area contributed by atoms with Gasteiger partial charge in [0.25, 0.3) is 40.5 Å². The summed E-state index contributed by atoms with van der Waals surface area (Å²) in [6.45, 7) is 0. The third kappa shape index (κ3) is 6.71. The summed E-state index contributed by atoms with van der Waals surface area (Å²) in [7, 11) is -20.4. The molecule has 0 radical (unpaired) electrons. The second kappa shape index (κ2) is 12.2. The monoisotopic (exact) mass is 618 g/mol. The summed E-state index contributed by atoms with van der Waals surface area (Å²) in [5, 5.41) is -2.11. The Morgan fingerprint density at radius 2 is 0.556 bits per heavy atom. The van der Waals surface area contributed by atoms with E-state index in [-0.39, 0.29) is 151 Å². The van der Waals surface area contributed by atoms with Gasteiger partial charge in [-0.1, -0.05) is 24.3 Å². The minimum absolute atomic E-state index is 0. The molecule has 4 rings (SSSR count). The second-order valence-corrected chi connectivity index (χ2v) is 12.3. The molecule has 36 heavy (non-hydrogen) atoms. The van der Waals surface area contributed by atoms with Gasteiger partial charge in [0.1, 0.15) is 19.6 Å². The molecule has 4 N–H and O–H groups in total. The van der Waals surface area contributed by atoms with Crippen molar-refractivity contribution in [1.82, 2.24) is 0 Å². The quantitative estimate of drug-likeness (QED) is 0.123. The molecule has 0 unspecified atom stereocenters. The molecule has 0 aliphatic carbocycles. The first-order valence-corrected chi connectivity index (χ1v) is 13.9. The molecule has 0 atom stereocenters. The van der Waals surface area contributed by atoms with Gasteiger partial charge in [-0.05, 0) is 12.1 Å². The van der Waals surface area contributed by atoms with Crippen LogP contribution in [0.25, 0.3) is 32.3 Å². The van der Waals surface area contributed by atoms with Crippen molar-refractivity contribution in [3.63, 3.8) is 0 Å². The molecule has 0 heterocycles. The summed E-state index contributed by atoms with van der Waals surface area (Å²) in [5.74, 6) is 0. The van der Waals surface area contributed by atoms with Gasteiger partial charge in [-0.3, -0.25) is 18.2 Å². The van der Waals surface area contributed by atoms with Crippen LogP contribution in [0.1, 0.15) is 0 Å². The first-order valence-electron chi connectivity index (χ1n) is 8.11. The molecule has 20 heteroatoms. The molecule has 4 aromatic carbocycles. The van der Waals surface area contributed by atoms with Gasteiger partial charge in [-0.2, -0.15) is 33.7 Å². The Labute approximate surface area is 294 Å². The number of hydrogen-bond donors (Lipinski definition) is 4. The van der Waals surface area contributed by atoms with E-state index in [9.17, 15) is 51.9 Å². The fraction of sp³-hybridized carbons (Fsp3) is 0. The topological polar surface area (TPSA) is 217 Å². The van der Waals surface area contributed by atoms with Crippen molar-refractivity contribution < 1.29 is 51.9 Å². The van der Waals surface area contributed by atoms with E-state index in [2.05, 4.69) is 0 Å². The van der Waals surface area contributed by atoms with Gasteiger partial charge >= 0.3 is 118 Å².